The maximum atomic E-state index is 5.48. The van der Waals surface area contributed by atoms with Crippen LogP contribution in [0.4, 0.5) is 5.82 Å². The first-order valence-corrected chi connectivity index (χ1v) is 6.08. The van der Waals surface area contributed by atoms with Crippen molar-refractivity contribution in [2.75, 3.05) is 25.1 Å². The first-order valence-electron chi connectivity index (χ1n) is 6.08. The van der Waals surface area contributed by atoms with Crippen molar-refractivity contribution in [2.45, 2.75) is 33.1 Å². The van der Waals surface area contributed by atoms with Crippen molar-refractivity contribution in [3.05, 3.63) is 23.9 Å². The Labute approximate surface area is 98.2 Å². The van der Waals surface area contributed by atoms with Crippen LogP contribution < -0.4 is 5.32 Å². The quantitative estimate of drug-likeness (QED) is 0.686. The van der Waals surface area contributed by atoms with Gasteiger partial charge in [0.25, 0.3) is 0 Å². The highest BCUT2D eigenvalue weighted by molar-refractivity contribution is 5.34. The second-order valence-electron chi connectivity index (χ2n) is 3.91. The lowest BCUT2D eigenvalue weighted by atomic mass is 10.3. The summed E-state index contributed by atoms with van der Waals surface area (Å²) in [5, 5.41) is 3.29. The number of pyridine rings is 1. The summed E-state index contributed by atoms with van der Waals surface area (Å²) in [6.45, 7) is 6.81. The smallest absolute Gasteiger partial charge is 0.126 e. The average molecular weight is 222 g/mol. The van der Waals surface area contributed by atoms with Gasteiger partial charge in [-0.2, -0.15) is 0 Å². The van der Waals surface area contributed by atoms with Crippen LogP contribution in [0.3, 0.4) is 0 Å². The molecule has 0 saturated heterocycles. The van der Waals surface area contributed by atoms with E-state index >= 15 is 0 Å². The van der Waals surface area contributed by atoms with Crippen LogP contribution in [0, 0.1) is 6.92 Å². The summed E-state index contributed by atoms with van der Waals surface area (Å²) in [6, 6.07) is 6.01. The molecule has 0 aliphatic carbocycles. The molecule has 0 radical (unpaired) electrons. The van der Waals surface area contributed by atoms with Gasteiger partial charge in [0, 0.05) is 25.5 Å². The third-order valence-corrected chi connectivity index (χ3v) is 2.30. The Hall–Kier alpha value is -1.09. The van der Waals surface area contributed by atoms with Crippen molar-refractivity contribution in [3.63, 3.8) is 0 Å². The molecule has 1 N–H and O–H groups in total. The van der Waals surface area contributed by atoms with Gasteiger partial charge in [0.15, 0.2) is 0 Å². The van der Waals surface area contributed by atoms with Crippen molar-refractivity contribution in [1.82, 2.24) is 4.98 Å². The lowest BCUT2D eigenvalue weighted by Crippen LogP contribution is -2.07. The summed E-state index contributed by atoms with van der Waals surface area (Å²) in [7, 11) is 0. The Morgan fingerprint density at radius 2 is 2.06 bits per heavy atom. The normalized spacial score (nSPS) is 10.4. The summed E-state index contributed by atoms with van der Waals surface area (Å²) < 4.78 is 5.48. The van der Waals surface area contributed by atoms with Gasteiger partial charge in [0.2, 0.25) is 0 Å². The predicted octanol–water partition coefficient (Wildman–Crippen LogP) is 3.01. The molecule has 0 aliphatic rings. The minimum atomic E-state index is 0.832. The average Bonchev–Trinajstić information content (AvgIpc) is 2.28. The van der Waals surface area contributed by atoms with Crippen LogP contribution in [0.15, 0.2) is 18.2 Å². The lowest BCUT2D eigenvalue weighted by molar-refractivity contribution is 0.131. The summed E-state index contributed by atoms with van der Waals surface area (Å²) in [6.07, 6.45) is 3.39. The predicted molar refractivity (Wildman–Crippen MR) is 67.8 cm³/mol. The molecule has 16 heavy (non-hydrogen) atoms. The monoisotopic (exact) mass is 222 g/mol. The third kappa shape index (κ3) is 5.71. The standard InChI is InChI=1S/C13H22N2O/c1-3-4-10-16-11-6-9-14-13-8-5-7-12(2)15-13/h5,7-8H,3-4,6,9-11H2,1-2H3,(H,14,15). The second-order valence-corrected chi connectivity index (χ2v) is 3.91. The topological polar surface area (TPSA) is 34.1 Å². The molecule has 0 amide bonds. The van der Waals surface area contributed by atoms with Crippen LogP contribution in [0.5, 0.6) is 0 Å². The first-order chi connectivity index (χ1) is 7.83. The molecule has 0 atom stereocenters. The van der Waals surface area contributed by atoms with E-state index in [0.29, 0.717) is 0 Å². The Morgan fingerprint density at radius 1 is 1.25 bits per heavy atom. The van der Waals surface area contributed by atoms with Gasteiger partial charge in [0.05, 0.1) is 0 Å². The van der Waals surface area contributed by atoms with E-state index in [1.807, 2.05) is 25.1 Å². The van der Waals surface area contributed by atoms with E-state index in [1.165, 1.54) is 6.42 Å². The van der Waals surface area contributed by atoms with E-state index in [-0.39, 0.29) is 0 Å². The largest absolute Gasteiger partial charge is 0.381 e. The van der Waals surface area contributed by atoms with E-state index in [0.717, 1.165) is 44.1 Å². The molecule has 0 unspecified atom stereocenters. The van der Waals surface area contributed by atoms with E-state index in [4.69, 9.17) is 4.74 Å². The minimum absolute atomic E-state index is 0.832. The third-order valence-electron chi connectivity index (χ3n) is 2.30. The highest BCUT2D eigenvalue weighted by Gasteiger charge is 1.93. The molecule has 0 fully saturated rings. The number of aromatic nitrogens is 1. The molecule has 3 heteroatoms. The fourth-order valence-electron chi connectivity index (χ4n) is 1.38. The lowest BCUT2D eigenvalue weighted by Gasteiger charge is -2.06. The Morgan fingerprint density at radius 3 is 2.81 bits per heavy atom. The number of nitrogens with one attached hydrogen (secondary N) is 1. The van der Waals surface area contributed by atoms with Crippen LogP contribution in [0.2, 0.25) is 0 Å². The number of aryl methyl sites for hydroxylation is 1. The molecule has 0 aliphatic heterocycles. The molecule has 0 aromatic carbocycles. The number of ether oxygens (including phenoxy) is 1. The van der Waals surface area contributed by atoms with E-state index in [1.54, 1.807) is 0 Å². The van der Waals surface area contributed by atoms with E-state index in [2.05, 4.69) is 17.2 Å². The molecule has 1 rings (SSSR count). The van der Waals surface area contributed by atoms with E-state index < -0.39 is 0 Å². The fourth-order valence-corrected chi connectivity index (χ4v) is 1.38. The maximum Gasteiger partial charge on any atom is 0.126 e. The fraction of sp³-hybridized carbons (Fsp3) is 0.615. The van der Waals surface area contributed by atoms with Crippen molar-refractivity contribution in [1.29, 1.82) is 0 Å². The van der Waals surface area contributed by atoms with Crippen LogP contribution >= 0.6 is 0 Å². The van der Waals surface area contributed by atoms with Gasteiger partial charge in [-0.25, -0.2) is 4.98 Å². The second kappa shape index (κ2) is 8.11. The number of hydrogen-bond donors (Lipinski definition) is 1. The van der Waals surface area contributed by atoms with Gasteiger partial charge >= 0.3 is 0 Å². The number of unbranched alkanes of at least 4 members (excludes halogenated alkanes) is 1. The molecule has 1 aromatic rings. The van der Waals surface area contributed by atoms with Crippen molar-refractivity contribution in [2.24, 2.45) is 0 Å². The molecule has 1 heterocycles. The first kappa shape index (κ1) is 13.0. The summed E-state index contributed by atoms with van der Waals surface area (Å²) in [5.41, 5.74) is 1.05. The molecular weight excluding hydrogens is 200 g/mol. The Balaban J connectivity index is 2.03. The Kier molecular flexibility index (Phi) is 6.58. The van der Waals surface area contributed by atoms with Crippen LogP contribution in [0.25, 0.3) is 0 Å². The molecule has 1 aromatic heterocycles. The summed E-state index contributed by atoms with van der Waals surface area (Å²) in [5.74, 6) is 0.952. The molecule has 0 spiro atoms. The molecule has 90 valence electrons. The van der Waals surface area contributed by atoms with Gasteiger partial charge < -0.3 is 10.1 Å². The van der Waals surface area contributed by atoms with E-state index in [9.17, 15) is 0 Å². The number of rotatable bonds is 8. The van der Waals surface area contributed by atoms with Gasteiger partial charge in [-0.05, 0) is 31.9 Å². The van der Waals surface area contributed by atoms with Gasteiger partial charge in [-0.1, -0.05) is 19.4 Å². The molecule has 0 saturated carbocycles. The van der Waals surface area contributed by atoms with Gasteiger partial charge in [0.1, 0.15) is 5.82 Å². The highest BCUT2D eigenvalue weighted by atomic mass is 16.5. The number of nitrogens with zero attached hydrogens (tertiary/aromatic N) is 1. The highest BCUT2D eigenvalue weighted by Crippen LogP contribution is 2.03. The Bertz CT molecular complexity index is 289. The zero-order valence-corrected chi connectivity index (χ0v) is 10.3. The molecular formula is C13H22N2O. The number of anilines is 1. The van der Waals surface area contributed by atoms with Crippen molar-refractivity contribution >= 4 is 5.82 Å². The van der Waals surface area contributed by atoms with Crippen molar-refractivity contribution < 1.29 is 4.74 Å². The van der Waals surface area contributed by atoms with Crippen LogP contribution in [-0.2, 0) is 4.74 Å². The van der Waals surface area contributed by atoms with Crippen LogP contribution in [0.1, 0.15) is 31.9 Å². The van der Waals surface area contributed by atoms with Gasteiger partial charge in [-0.3, -0.25) is 0 Å². The zero-order valence-electron chi connectivity index (χ0n) is 10.3. The minimum Gasteiger partial charge on any atom is -0.381 e. The SMILES string of the molecule is CCCCOCCCNc1cccc(C)n1. The number of hydrogen-bond acceptors (Lipinski definition) is 3. The van der Waals surface area contributed by atoms with Crippen molar-refractivity contribution in [3.8, 4) is 0 Å². The zero-order chi connectivity index (χ0) is 11.6. The maximum absolute atomic E-state index is 5.48. The summed E-state index contributed by atoms with van der Waals surface area (Å²) in [4.78, 5) is 4.37. The molecule has 0 bridgehead atoms. The molecule has 3 nitrogen and oxygen atoms in total. The van der Waals surface area contributed by atoms with Gasteiger partial charge in [-0.15, -0.1) is 0 Å². The van der Waals surface area contributed by atoms with Crippen LogP contribution in [-0.4, -0.2) is 24.7 Å². The summed E-state index contributed by atoms with van der Waals surface area (Å²) >= 11 is 0.